The highest BCUT2D eigenvalue weighted by Crippen LogP contribution is 2.29. The van der Waals surface area contributed by atoms with E-state index in [1.165, 1.54) is 106 Å². The quantitative estimate of drug-likeness (QED) is 0.0455. The molecule has 8 rings (SSSR count). The van der Waals surface area contributed by atoms with Crippen molar-refractivity contribution < 1.29 is 9.47 Å². The second-order valence-corrected chi connectivity index (χ2v) is 22.1. The third kappa shape index (κ3) is 18.0. The molecule has 0 saturated carbocycles. The average molecular weight is 1110 g/mol. The Morgan fingerprint density at radius 3 is 0.500 bits per heavy atom. The average Bonchev–Trinajstić information content (AvgIpc) is 3.63. The Bertz CT molecular complexity index is 3570. The number of hydrogen-bond acceptors (Lipinski definition) is 2. The summed E-state index contributed by atoms with van der Waals surface area (Å²) < 4.78 is 10.7. The second-order valence-electron chi connectivity index (χ2n) is 22.1. The first-order valence-electron chi connectivity index (χ1n) is 31.0. The van der Waals surface area contributed by atoms with E-state index in [1.54, 1.807) is 14.2 Å². The minimum atomic E-state index is 0.869. The first-order valence-corrected chi connectivity index (χ1v) is 31.0. The fraction of sp³-hybridized carbons (Fsp3) is 0.244. The maximum atomic E-state index is 5.37. The van der Waals surface area contributed by atoms with Crippen molar-refractivity contribution in [1.29, 1.82) is 0 Å². The predicted molar refractivity (Wildman–Crippen MR) is 371 cm³/mol. The zero-order chi connectivity index (χ0) is 58.9. The monoisotopic (exact) mass is 1100 g/mol. The molecule has 0 unspecified atom stereocenters. The summed E-state index contributed by atoms with van der Waals surface area (Å²) in [4.78, 5) is 0. The Hall–Kier alpha value is -8.46. The van der Waals surface area contributed by atoms with E-state index in [2.05, 4.69) is 260 Å². The fourth-order valence-electron chi connectivity index (χ4n) is 10.9. The van der Waals surface area contributed by atoms with Gasteiger partial charge < -0.3 is 9.47 Å². The number of rotatable bonds is 28. The Morgan fingerprint density at radius 1 is 0.214 bits per heavy atom. The van der Waals surface area contributed by atoms with Crippen LogP contribution in [0.25, 0.3) is 85.1 Å². The summed E-state index contributed by atoms with van der Waals surface area (Å²) in [7, 11) is 3.41. The third-order valence-electron chi connectivity index (χ3n) is 15.6. The molecule has 0 spiro atoms. The summed E-state index contributed by atoms with van der Waals surface area (Å²) in [5, 5.41) is 0. The van der Waals surface area contributed by atoms with Gasteiger partial charge in [0.1, 0.15) is 11.5 Å². The van der Waals surface area contributed by atoms with Gasteiger partial charge in [0.25, 0.3) is 0 Å². The molecule has 0 aliphatic rings. The number of benzene rings is 8. The molecule has 0 atom stereocenters. The van der Waals surface area contributed by atoms with Gasteiger partial charge in [0.15, 0.2) is 0 Å². The van der Waals surface area contributed by atoms with Gasteiger partial charge in [0.2, 0.25) is 0 Å². The lowest BCUT2D eigenvalue weighted by Crippen LogP contribution is -1.97. The van der Waals surface area contributed by atoms with Gasteiger partial charge in [0, 0.05) is 0 Å². The molecule has 84 heavy (non-hydrogen) atoms. The van der Waals surface area contributed by atoms with Crippen LogP contribution in [0.1, 0.15) is 191 Å². The van der Waals surface area contributed by atoms with Gasteiger partial charge in [-0.05, 0) is 174 Å². The second kappa shape index (κ2) is 32.4. The molecule has 2 heteroatoms. The highest BCUT2D eigenvalue weighted by atomic mass is 16.5. The molecule has 0 fully saturated rings. The lowest BCUT2D eigenvalue weighted by Gasteiger charge is -2.13. The van der Waals surface area contributed by atoms with Crippen LogP contribution in [0, 0.1) is 0 Å². The van der Waals surface area contributed by atoms with Crippen molar-refractivity contribution in [2.75, 3.05) is 14.2 Å². The van der Waals surface area contributed by atoms with Gasteiger partial charge in [-0.3, -0.25) is 0 Å². The molecule has 8 aromatic carbocycles. The summed E-state index contributed by atoms with van der Waals surface area (Å²) in [6.07, 6.45) is 44.6. The fourth-order valence-corrected chi connectivity index (χ4v) is 10.9. The molecule has 0 N–H and O–H groups in total. The minimum Gasteiger partial charge on any atom is -0.497 e. The van der Waals surface area contributed by atoms with Gasteiger partial charge in [-0.1, -0.05) is 299 Å². The van der Waals surface area contributed by atoms with Crippen LogP contribution in [-0.4, -0.2) is 14.2 Å². The van der Waals surface area contributed by atoms with Gasteiger partial charge in [0.05, 0.1) is 14.2 Å². The molecule has 0 heterocycles. The molecule has 8 aromatic rings. The zero-order valence-electron chi connectivity index (χ0n) is 51.4. The summed E-state index contributed by atoms with van der Waals surface area (Å²) in [5.74, 6) is 1.75. The van der Waals surface area contributed by atoms with Crippen LogP contribution in [0.3, 0.4) is 0 Å². The topological polar surface area (TPSA) is 18.5 Å². The summed E-state index contributed by atoms with van der Waals surface area (Å²) >= 11 is 0. The number of aryl methyl sites for hydroxylation is 6. The zero-order valence-corrected chi connectivity index (χ0v) is 51.4. The number of ether oxygens (including phenoxy) is 2. The van der Waals surface area contributed by atoms with Crippen LogP contribution in [0.15, 0.2) is 158 Å². The third-order valence-corrected chi connectivity index (χ3v) is 15.6. The Labute approximate surface area is 505 Å². The van der Waals surface area contributed by atoms with Crippen molar-refractivity contribution in [3.8, 4) is 11.5 Å². The normalized spacial score (nSPS) is 12.0. The SMILES string of the molecule is CCCc1cc(/C=C/c2ccc(/C=C/c3cc(CCC)c(/C=C/c4ccc(/C=C/c5cc(CCC)c(/C=C/c6ccc(OC)cc6)cc5CCC)cc4)cc3CCC)cc2)c(CCC)cc1/C=C/c1ccc(/C=C/c2ccc(OC)cc2)cc1. The van der Waals surface area contributed by atoms with Gasteiger partial charge >= 0.3 is 0 Å². The van der Waals surface area contributed by atoms with Crippen molar-refractivity contribution in [1.82, 2.24) is 0 Å². The van der Waals surface area contributed by atoms with Crippen LogP contribution in [-0.2, 0) is 38.5 Å². The first-order chi connectivity index (χ1) is 41.2. The van der Waals surface area contributed by atoms with Crippen molar-refractivity contribution >= 4 is 85.1 Å². The lowest BCUT2D eigenvalue weighted by atomic mass is 9.92. The highest BCUT2D eigenvalue weighted by molar-refractivity contribution is 5.81. The van der Waals surface area contributed by atoms with Crippen LogP contribution >= 0.6 is 0 Å². The molecular formula is C82H88O2. The summed E-state index contributed by atoms with van der Waals surface area (Å²) in [5.41, 5.74) is 25.8. The van der Waals surface area contributed by atoms with Crippen molar-refractivity contribution in [2.45, 2.75) is 119 Å². The summed E-state index contributed by atoms with van der Waals surface area (Å²) in [6, 6.07) is 57.8. The van der Waals surface area contributed by atoms with E-state index in [4.69, 9.17) is 9.47 Å². The van der Waals surface area contributed by atoms with Crippen LogP contribution in [0.2, 0.25) is 0 Å². The predicted octanol–water partition coefficient (Wildman–Crippen LogP) is 22.6. The molecular weight excluding hydrogens is 1020 g/mol. The van der Waals surface area contributed by atoms with Crippen molar-refractivity contribution in [3.63, 3.8) is 0 Å². The molecule has 0 aromatic heterocycles. The van der Waals surface area contributed by atoms with Gasteiger partial charge in [-0.2, -0.15) is 0 Å². The van der Waals surface area contributed by atoms with E-state index in [1.807, 2.05) is 24.3 Å². The van der Waals surface area contributed by atoms with E-state index in [9.17, 15) is 0 Å². The smallest absolute Gasteiger partial charge is 0.118 e. The number of hydrogen-bond donors (Lipinski definition) is 0. The van der Waals surface area contributed by atoms with E-state index >= 15 is 0 Å². The molecule has 0 amide bonds. The molecule has 428 valence electrons. The van der Waals surface area contributed by atoms with Crippen LogP contribution < -0.4 is 9.47 Å². The highest BCUT2D eigenvalue weighted by Gasteiger charge is 2.11. The molecule has 0 radical (unpaired) electrons. The van der Waals surface area contributed by atoms with Crippen LogP contribution in [0.4, 0.5) is 0 Å². The van der Waals surface area contributed by atoms with Crippen molar-refractivity contribution in [2.24, 2.45) is 0 Å². The van der Waals surface area contributed by atoms with Gasteiger partial charge in [-0.15, -0.1) is 0 Å². The maximum absolute atomic E-state index is 5.37. The van der Waals surface area contributed by atoms with E-state index < -0.39 is 0 Å². The number of methoxy groups -OCH3 is 2. The van der Waals surface area contributed by atoms with E-state index in [-0.39, 0.29) is 0 Å². The Morgan fingerprint density at radius 2 is 0.357 bits per heavy atom. The first kappa shape index (κ1) is 61.6. The minimum absolute atomic E-state index is 0.869. The standard InChI is InChI=1S/C82H88O2/c1-9-15-69-56-76(70(16-10-2)55-75(69)45-35-62-24-21-61(22-25-62)23-34-67-41-51-81(83-7)52-42-67)46-36-63-26-28-64(29-27-63)37-47-77-57-72(18-12-4)78(58-71(77)17-11-3)48-38-65-30-32-66(33-31-65)39-49-79-59-74(20-14-6)80(60-73(79)19-13-5)50-40-68-43-53-82(84-8)54-44-68/h21-60H,9-20H2,1-8H3/b34-23+,45-35+,46-36+,47-37+,48-38+,49-39+,50-40+. The van der Waals surface area contributed by atoms with E-state index in [0.29, 0.717) is 0 Å². The van der Waals surface area contributed by atoms with Crippen molar-refractivity contribution in [3.05, 3.63) is 269 Å². The molecule has 0 bridgehead atoms. The van der Waals surface area contributed by atoms with E-state index in [0.717, 1.165) is 94.1 Å². The molecule has 0 aliphatic heterocycles. The Balaban J connectivity index is 0.926. The van der Waals surface area contributed by atoms with Gasteiger partial charge in [-0.25, -0.2) is 0 Å². The lowest BCUT2D eigenvalue weighted by molar-refractivity contribution is 0.414. The largest absolute Gasteiger partial charge is 0.497 e. The maximum Gasteiger partial charge on any atom is 0.118 e. The van der Waals surface area contributed by atoms with Crippen LogP contribution in [0.5, 0.6) is 11.5 Å². The molecule has 2 nitrogen and oxygen atoms in total. The molecule has 0 saturated heterocycles. The molecule has 0 aliphatic carbocycles. The Kier molecular flexibility index (Phi) is 23.8. The summed E-state index contributed by atoms with van der Waals surface area (Å²) in [6.45, 7) is 13.6.